The van der Waals surface area contributed by atoms with Crippen molar-refractivity contribution >= 4 is 66.5 Å². The molecule has 27 heteroatoms. The van der Waals surface area contributed by atoms with Crippen LogP contribution in [-0.4, -0.2) is 222 Å². The molecule has 8 aromatic rings. The third-order valence-electron chi connectivity index (χ3n) is 17.6. The van der Waals surface area contributed by atoms with E-state index in [9.17, 15) is 23.6 Å². The molecule has 4 aliphatic rings. The van der Waals surface area contributed by atoms with Crippen LogP contribution >= 0.6 is 22.7 Å². The van der Waals surface area contributed by atoms with Gasteiger partial charge in [0.25, 0.3) is 0 Å². The maximum absolute atomic E-state index is 15.0. The molecule has 4 fully saturated rings. The molecule has 564 valence electrons. The first-order chi connectivity index (χ1) is 51.3. The van der Waals surface area contributed by atoms with Crippen molar-refractivity contribution in [3.8, 4) is 44.1 Å². The van der Waals surface area contributed by atoms with E-state index in [-0.39, 0.29) is 54.8 Å². The largest absolute Gasteiger partial charge is 0.481 e. The number of thiophene rings is 2. The number of Topliss-reactive ketones (excluding diaryl/α,β-unsaturated/α-hetero) is 2. The summed E-state index contributed by atoms with van der Waals surface area (Å²) in [5.74, 6) is 0.968. The molecular weight excluding hydrogens is 1390 g/mol. The van der Waals surface area contributed by atoms with Gasteiger partial charge in [0.2, 0.25) is 5.91 Å². The molecule has 2 aliphatic heterocycles. The smallest absolute Gasteiger partial charge is 0.305 e. The van der Waals surface area contributed by atoms with Gasteiger partial charge < -0.3 is 62.7 Å². The lowest BCUT2D eigenvalue weighted by Gasteiger charge is -2.34. The monoisotopic (exact) mass is 1490 g/mol. The predicted octanol–water partition coefficient (Wildman–Crippen LogP) is 11.7. The molecule has 0 bridgehead atoms. The molecule has 1 amide bonds. The minimum Gasteiger partial charge on any atom is -0.481 e. The van der Waals surface area contributed by atoms with Crippen LogP contribution in [0.2, 0.25) is 0 Å². The molecule has 0 spiro atoms. The van der Waals surface area contributed by atoms with Gasteiger partial charge in [0.05, 0.1) is 147 Å². The number of ether oxygens (including phenoxy) is 10. The van der Waals surface area contributed by atoms with Crippen molar-refractivity contribution in [2.24, 2.45) is 11.8 Å². The van der Waals surface area contributed by atoms with E-state index >= 15 is 4.39 Å². The lowest BCUT2D eigenvalue weighted by molar-refractivity contribution is -0.138. The highest BCUT2D eigenvalue weighted by atomic mass is 32.1. The van der Waals surface area contributed by atoms with E-state index in [1.54, 1.807) is 63.0 Å². The SMILES string of the molecule is COCCOCCOCCOCCC(=O)N1CCN(Cc2ccc(-c3cc4nccc(Oc5ccc(CC(=O)CC6CC6)cc5F)c4s3)nc2)CC1.COCCOCCOCCOCCC(=O)O.O=C(Cc1ccc(Oc2ccnc3cc(-c4ccc(CN5CCNCC5)cn4)sc23)c(F)c1)CC1CC1. The number of rotatable bonds is 42. The maximum atomic E-state index is 15.0. The van der Waals surface area contributed by atoms with E-state index < -0.39 is 17.6 Å². The standard InChI is InChI=1S/C39H47FN4O7S.C29H29FN4O2S.C10H20O6/c1-47-16-17-49-20-21-50-19-18-48-15-9-38(46)44-13-11-43(12-14-44)27-30-4-6-33(42-26-30)37-25-34-39(52-37)36(8-10-41-34)51-35-7-5-29(24-32(35)40)23-31(45)22-28-2-3-28;30-23-15-20(14-22(35)13-19-1-2-19)4-6-26(23)36-27-7-8-32-25-16-28(37-29(25)27)24-5-3-21(17-33-24)18-34-11-9-31-10-12-34;1-13-4-5-15-8-9-16-7-6-14-3-2-10(11)12/h4-8,10,24-26,28H,2-3,9,11-23,27H2,1H3;3-8,15-17,19,31H,1-2,9-14,18H2;2-9H2,1H3,(H,11,12). The van der Waals surface area contributed by atoms with E-state index in [4.69, 9.17) is 62.4 Å². The zero-order chi connectivity index (χ0) is 73.4. The molecule has 23 nitrogen and oxygen atoms in total. The van der Waals surface area contributed by atoms with Crippen LogP contribution in [0.15, 0.2) is 110 Å². The number of halogens is 2. The first-order valence-electron chi connectivity index (χ1n) is 36.1. The van der Waals surface area contributed by atoms with Gasteiger partial charge in [-0.25, -0.2) is 8.78 Å². The fourth-order valence-electron chi connectivity index (χ4n) is 11.6. The molecule has 105 heavy (non-hydrogen) atoms. The Morgan fingerprint density at radius 2 is 0.886 bits per heavy atom. The fourth-order valence-corrected chi connectivity index (χ4v) is 13.6. The average Bonchev–Trinajstić information content (AvgIpc) is 1.66. The Bertz CT molecular complexity index is 4000. The number of pyridine rings is 4. The Morgan fingerprint density at radius 3 is 1.29 bits per heavy atom. The molecule has 0 radical (unpaired) electrons. The number of carboxylic acids is 1. The van der Waals surface area contributed by atoms with Gasteiger partial charge in [0.15, 0.2) is 23.1 Å². The van der Waals surface area contributed by atoms with Crippen LogP contribution in [0.25, 0.3) is 41.6 Å². The number of carbonyl (C=O) groups is 4. The third kappa shape index (κ3) is 27.5. The molecule has 2 saturated heterocycles. The summed E-state index contributed by atoms with van der Waals surface area (Å²) in [4.78, 5) is 74.2. The van der Waals surface area contributed by atoms with Gasteiger partial charge in [-0.2, -0.15) is 0 Å². The quantitative estimate of drug-likeness (QED) is 0.0337. The van der Waals surface area contributed by atoms with Crippen molar-refractivity contribution in [1.29, 1.82) is 0 Å². The minimum atomic E-state index is -0.854. The van der Waals surface area contributed by atoms with Crippen LogP contribution in [0, 0.1) is 23.5 Å². The molecular formula is C78H96F2N8O15S2. The Morgan fingerprint density at radius 1 is 0.476 bits per heavy atom. The molecule has 2 aromatic carbocycles. The van der Waals surface area contributed by atoms with Crippen molar-refractivity contribution in [3.63, 3.8) is 0 Å². The summed E-state index contributed by atoms with van der Waals surface area (Å²) in [5.41, 5.74) is 6.86. The average molecular weight is 1490 g/mol. The van der Waals surface area contributed by atoms with E-state index in [1.165, 1.54) is 40.4 Å². The number of hydrogen-bond acceptors (Lipinski definition) is 23. The lowest BCUT2D eigenvalue weighted by Crippen LogP contribution is -2.48. The van der Waals surface area contributed by atoms with Crippen molar-refractivity contribution in [3.05, 3.63) is 144 Å². The van der Waals surface area contributed by atoms with Gasteiger partial charge in [0.1, 0.15) is 23.1 Å². The van der Waals surface area contributed by atoms with Gasteiger partial charge in [-0.05, 0) is 108 Å². The second-order valence-corrected chi connectivity index (χ2v) is 28.2. The normalized spacial score (nSPS) is 14.8. The first-order valence-corrected chi connectivity index (χ1v) is 37.7. The number of benzene rings is 2. The van der Waals surface area contributed by atoms with Gasteiger partial charge in [-0.15, -0.1) is 22.7 Å². The van der Waals surface area contributed by atoms with Gasteiger partial charge in [0, 0.05) is 142 Å². The number of nitrogens with zero attached hydrogens (tertiary/aromatic N) is 7. The summed E-state index contributed by atoms with van der Waals surface area (Å²) in [6.45, 7) is 15.5. The molecule has 8 heterocycles. The van der Waals surface area contributed by atoms with E-state index in [1.807, 2.05) is 41.6 Å². The molecule has 2 N–H and O–H groups in total. The van der Waals surface area contributed by atoms with Gasteiger partial charge >= 0.3 is 5.97 Å². The van der Waals surface area contributed by atoms with Crippen molar-refractivity contribution in [2.75, 3.05) is 159 Å². The third-order valence-corrected chi connectivity index (χ3v) is 19.9. The number of carboxylic acid groups (broad SMARTS) is 1. The van der Waals surface area contributed by atoms with Crippen molar-refractivity contribution < 1.29 is 80.4 Å². The second-order valence-electron chi connectivity index (χ2n) is 26.1. The number of aliphatic carboxylic acids is 1. The zero-order valence-corrected chi connectivity index (χ0v) is 61.6. The van der Waals surface area contributed by atoms with Crippen LogP contribution < -0.4 is 14.8 Å². The summed E-state index contributed by atoms with van der Waals surface area (Å²) < 4.78 is 85.0. The number of hydrogen-bond donors (Lipinski definition) is 2. The molecule has 6 aromatic heterocycles. The van der Waals surface area contributed by atoms with Crippen LogP contribution in [-0.2, 0) is 83.0 Å². The van der Waals surface area contributed by atoms with E-state index in [0.29, 0.717) is 153 Å². The first kappa shape index (κ1) is 79.8. The lowest BCUT2D eigenvalue weighted by atomic mass is 10.0. The van der Waals surface area contributed by atoms with Crippen molar-refractivity contribution in [2.45, 2.75) is 77.3 Å². The van der Waals surface area contributed by atoms with Gasteiger partial charge in [-0.1, -0.05) is 24.3 Å². The van der Waals surface area contributed by atoms with Crippen LogP contribution in [0.1, 0.15) is 73.6 Å². The summed E-state index contributed by atoms with van der Waals surface area (Å²) in [6.07, 6.45) is 13.7. The summed E-state index contributed by atoms with van der Waals surface area (Å²) in [7, 11) is 3.26. The zero-order valence-electron chi connectivity index (χ0n) is 60.0. The second kappa shape index (κ2) is 43.2. The molecule has 12 rings (SSSR count). The number of aromatic nitrogens is 4. The number of fused-ring (bicyclic) bond motifs is 2. The number of nitrogens with one attached hydrogen (secondary N) is 1. The van der Waals surface area contributed by atoms with Crippen molar-refractivity contribution in [1.82, 2.24) is 40.0 Å². The van der Waals surface area contributed by atoms with Gasteiger partial charge in [-0.3, -0.25) is 48.9 Å². The summed E-state index contributed by atoms with van der Waals surface area (Å²) >= 11 is 3.03. The Balaban J connectivity index is 0.000000193. The highest BCUT2D eigenvalue weighted by molar-refractivity contribution is 7.23. The van der Waals surface area contributed by atoms with E-state index in [2.05, 4.69) is 37.2 Å². The summed E-state index contributed by atoms with van der Waals surface area (Å²) in [6, 6.07) is 25.2. The minimum absolute atomic E-state index is 0.0279. The topological polar surface area (TPSA) is 254 Å². The van der Waals surface area contributed by atoms with Crippen LogP contribution in [0.5, 0.6) is 23.0 Å². The number of piperazine rings is 2. The Hall–Kier alpha value is -7.74. The van der Waals surface area contributed by atoms with E-state index in [0.717, 1.165) is 125 Å². The maximum Gasteiger partial charge on any atom is 0.305 e. The number of methoxy groups -OCH3 is 2. The highest BCUT2D eigenvalue weighted by Crippen LogP contribution is 2.42. The number of carbonyl (C=O) groups excluding carboxylic acids is 3. The molecule has 2 aliphatic carbocycles. The predicted molar refractivity (Wildman–Crippen MR) is 396 cm³/mol. The molecule has 0 unspecified atom stereocenters. The molecule has 2 saturated carbocycles. The fraction of sp³-hybridized carbons (Fsp3) is 0.487. The highest BCUT2D eigenvalue weighted by Gasteiger charge is 2.27. The molecule has 0 atom stereocenters. The Kier molecular flexibility index (Phi) is 32.8. The van der Waals surface area contributed by atoms with Crippen LogP contribution in [0.4, 0.5) is 8.78 Å². The Labute approximate surface area is 619 Å². The van der Waals surface area contributed by atoms with Crippen LogP contribution in [0.3, 0.4) is 0 Å². The summed E-state index contributed by atoms with van der Waals surface area (Å²) in [5, 5.41) is 11.7. The number of amides is 1. The number of ketones is 2.